The Morgan fingerprint density at radius 3 is 2.82 bits per heavy atom. The average molecular weight is 428 g/mol. The van der Waals surface area contributed by atoms with E-state index in [9.17, 15) is 4.79 Å². The van der Waals surface area contributed by atoms with E-state index in [1.54, 1.807) is 17.1 Å². The van der Waals surface area contributed by atoms with Crippen molar-refractivity contribution in [3.63, 3.8) is 0 Å². The van der Waals surface area contributed by atoms with E-state index in [1.165, 1.54) is 0 Å². The predicted octanol–water partition coefficient (Wildman–Crippen LogP) is 3.16. The zero-order valence-electron chi connectivity index (χ0n) is 11.3. The molecule has 0 aliphatic heterocycles. The molecule has 0 spiro atoms. The fourth-order valence-electron chi connectivity index (χ4n) is 1.93. The van der Waals surface area contributed by atoms with Gasteiger partial charge in [0.25, 0.3) is 5.91 Å². The summed E-state index contributed by atoms with van der Waals surface area (Å²) in [6, 6.07) is 9.88. The van der Waals surface area contributed by atoms with Gasteiger partial charge in [-0.25, -0.2) is 0 Å². The highest BCUT2D eigenvalue weighted by Crippen LogP contribution is 2.21. The van der Waals surface area contributed by atoms with Crippen molar-refractivity contribution in [2.45, 2.75) is 6.54 Å². The molecule has 0 unspecified atom stereocenters. The van der Waals surface area contributed by atoms with E-state index >= 15 is 0 Å². The molecular formula is C14H11ClIN5O. The van der Waals surface area contributed by atoms with Crippen LogP contribution in [0.2, 0.25) is 5.02 Å². The number of amides is 1. The number of carbonyl (C=O) groups excluding carboxylic acids is 1. The molecule has 0 radical (unpaired) electrons. The van der Waals surface area contributed by atoms with Crippen LogP contribution in [-0.2, 0) is 6.54 Å². The second-order valence-electron chi connectivity index (χ2n) is 4.56. The SMILES string of the molecule is O=C(Nc1nn(Cc2ccccc2)cc1Cl)c1[nH]ncc1I. The molecule has 0 atom stereocenters. The van der Waals surface area contributed by atoms with E-state index in [0.717, 1.165) is 9.13 Å². The molecule has 2 heterocycles. The Morgan fingerprint density at radius 2 is 2.14 bits per heavy atom. The standard InChI is InChI=1S/C14H11ClIN5O/c15-10-8-21(7-9-4-2-1-3-5-9)20-13(10)18-14(22)12-11(16)6-17-19-12/h1-6,8H,7H2,(H,17,19)(H,18,20,22). The molecular weight excluding hydrogens is 417 g/mol. The van der Waals surface area contributed by atoms with Crippen LogP contribution in [0.4, 0.5) is 5.82 Å². The first kappa shape index (κ1) is 15.0. The number of anilines is 1. The van der Waals surface area contributed by atoms with Gasteiger partial charge in [0.2, 0.25) is 0 Å². The van der Waals surface area contributed by atoms with E-state index in [0.29, 0.717) is 23.1 Å². The Labute approximate surface area is 145 Å². The Kier molecular flexibility index (Phi) is 4.44. The molecule has 0 fully saturated rings. The Morgan fingerprint density at radius 1 is 1.36 bits per heavy atom. The van der Waals surface area contributed by atoms with Crippen LogP contribution in [0.1, 0.15) is 16.1 Å². The first-order valence-corrected chi connectivity index (χ1v) is 7.86. The second-order valence-corrected chi connectivity index (χ2v) is 6.13. The third kappa shape index (κ3) is 3.30. The summed E-state index contributed by atoms with van der Waals surface area (Å²) >= 11 is 8.16. The maximum atomic E-state index is 12.1. The summed E-state index contributed by atoms with van der Waals surface area (Å²) in [5.74, 6) is 0.00163. The number of H-pyrrole nitrogens is 1. The molecule has 1 amide bonds. The normalized spacial score (nSPS) is 10.6. The quantitative estimate of drug-likeness (QED) is 0.628. The Balaban J connectivity index is 1.75. The smallest absolute Gasteiger partial charge is 0.276 e. The zero-order valence-corrected chi connectivity index (χ0v) is 14.2. The van der Waals surface area contributed by atoms with Crippen LogP contribution in [0.3, 0.4) is 0 Å². The van der Waals surface area contributed by atoms with Gasteiger partial charge in [-0.15, -0.1) is 0 Å². The van der Waals surface area contributed by atoms with Crippen molar-refractivity contribution in [1.82, 2.24) is 20.0 Å². The van der Waals surface area contributed by atoms with Gasteiger partial charge >= 0.3 is 0 Å². The number of aromatic amines is 1. The molecule has 3 rings (SSSR count). The van der Waals surface area contributed by atoms with Gasteiger partial charge in [-0.2, -0.15) is 10.2 Å². The van der Waals surface area contributed by atoms with Crippen LogP contribution in [0.15, 0.2) is 42.7 Å². The van der Waals surface area contributed by atoms with Crippen LogP contribution >= 0.6 is 34.2 Å². The topological polar surface area (TPSA) is 75.6 Å². The summed E-state index contributed by atoms with van der Waals surface area (Å²) in [4.78, 5) is 12.1. The molecule has 0 saturated carbocycles. The van der Waals surface area contributed by atoms with Crippen molar-refractivity contribution < 1.29 is 4.79 Å². The summed E-state index contributed by atoms with van der Waals surface area (Å²) in [6.07, 6.45) is 3.26. The number of carbonyl (C=O) groups is 1. The van der Waals surface area contributed by atoms with Gasteiger partial charge < -0.3 is 5.32 Å². The molecule has 6 nitrogen and oxygen atoms in total. The van der Waals surface area contributed by atoms with Crippen LogP contribution in [-0.4, -0.2) is 25.9 Å². The highest BCUT2D eigenvalue weighted by atomic mass is 127. The van der Waals surface area contributed by atoms with Crippen molar-refractivity contribution >= 4 is 45.9 Å². The second kappa shape index (κ2) is 6.49. The minimum absolute atomic E-state index is 0.325. The molecule has 0 saturated heterocycles. The van der Waals surface area contributed by atoms with Gasteiger partial charge in [0.05, 0.1) is 16.3 Å². The third-order valence-electron chi connectivity index (χ3n) is 2.96. The highest BCUT2D eigenvalue weighted by Gasteiger charge is 2.16. The predicted molar refractivity (Wildman–Crippen MR) is 92.0 cm³/mol. The van der Waals surface area contributed by atoms with Crippen molar-refractivity contribution in [3.8, 4) is 0 Å². The molecule has 112 valence electrons. The lowest BCUT2D eigenvalue weighted by molar-refractivity contribution is 0.102. The molecule has 0 bridgehead atoms. The van der Waals surface area contributed by atoms with Crippen molar-refractivity contribution in [2.75, 3.05) is 5.32 Å². The van der Waals surface area contributed by atoms with Gasteiger partial charge in [0, 0.05) is 6.20 Å². The van der Waals surface area contributed by atoms with E-state index < -0.39 is 0 Å². The fraction of sp³-hybridized carbons (Fsp3) is 0.0714. The largest absolute Gasteiger partial charge is 0.302 e. The molecule has 1 aromatic carbocycles. The third-order valence-corrected chi connectivity index (χ3v) is 4.05. The van der Waals surface area contributed by atoms with Crippen molar-refractivity contribution in [3.05, 3.63) is 62.6 Å². The summed E-state index contributed by atoms with van der Waals surface area (Å²) in [5, 5.41) is 13.8. The lowest BCUT2D eigenvalue weighted by atomic mass is 10.2. The monoisotopic (exact) mass is 427 g/mol. The molecule has 2 N–H and O–H groups in total. The van der Waals surface area contributed by atoms with Crippen LogP contribution in [0.25, 0.3) is 0 Å². The summed E-state index contributed by atoms with van der Waals surface area (Å²) in [6.45, 7) is 0.581. The number of halogens is 2. The van der Waals surface area contributed by atoms with Crippen LogP contribution < -0.4 is 5.32 Å². The van der Waals surface area contributed by atoms with Gasteiger partial charge in [-0.1, -0.05) is 41.9 Å². The number of hydrogen-bond acceptors (Lipinski definition) is 3. The summed E-state index contributed by atoms with van der Waals surface area (Å²) in [5.41, 5.74) is 1.48. The maximum absolute atomic E-state index is 12.1. The summed E-state index contributed by atoms with van der Waals surface area (Å²) < 4.78 is 2.42. The van der Waals surface area contributed by atoms with Crippen molar-refractivity contribution in [2.24, 2.45) is 0 Å². The average Bonchev–Trinajstić information content (AvgIpc) is 3.06. The lowest BCUT2D eigenvalue weighted by Crippen LogP contribution is -2.14. The van der Waals surface area contributed by atoms with Crippen molar-refractivity contribution in [1.29, 1.82) is 0 Å². The van der Waals surface area contributed by atoms with E-state index in [-0.39, 0.29) is 5.91 Å². The number of nitrogens with one attached hydrogen (secondary N) is 2. The Bertz CT molecular complexity index is 799. The first-order valence-electron chi connectivity index (χ1n) is 6.40. The first-order chi connectivity index (χ1) is 10.6. The number of benzene rings is 1. The molecule has 8 heteroatoms. The Hall–Kier alpha value is -1.87. The van der Waals surface area contributed by atoms with Gasteiger partial charge in [0.1, 0.15) is 10.7 Å². The maximum Gasteiger partial charge on any atom is 0.276 e. The van der Waals surface area contributed by atoms with Crippen LogP contribution in [0, 0.1) is 3.57 Å². The molecule has 2 aromatic heterocycles. The van der Waals surface area contributed by atoms with Crippen LogP contribution in [0.5, 0.6) is 0 Å². The number of hydrogen-bond donors (Lipinski definition) is 2. The molecule has 22 heavy (non-hydrogen) atoms. The molecule has 3 aromatic rings. The number of nitrogens with zero attached hydrogens (tertiary/aromatic N) is 3. The van der Waals surface area contributed by atoms with E-state index in [4.69, 9.17) is 11.6 Å². The van der Waals surface area contributed by atoms with Gasteiger partial charge in [0.15, 0.2) is 5.82 Å². The van der Waals surface area contributed by atoms with E-state index in [2.05, 4.69) is 20.6 Å². The molecule has 0 aliphatic rings. The minimum Gasteiger partial charge on any atom is -0.302 e. The highest BCUT2D eigenvalue weighted by molar-refractivity contribution is 14.1. The fourth-order valence-corrected chi connectivity index (χ4v) is 2.64. The summed E-state index contributed by atoms with van der Waals surface area (Å²) in [7, 11) is 0. The minimum atomic E-state index is -0.325. The van der Waals surface area contributed by atoms with Gasteiger partial charge in [-0.3, -0.25) is 14.6 Å². The van der Waals surface area contributed by atoms with E-state index in [1.807, 2.05) is 52.9 Å². The number of aromatic nitrogens is 4. The lowest BCUT2D eigenvalue weighted by Gasteiger charge is -2.02. The molecule has 0 aliphatic carbocycles. The van der Waals surface area contributed by atoms with Gasteiger partial charge in [-0.05, 0) is 28.2 Å². The number of rotatable bonds is 4. The zero-order chi connectivity index (χ0) is 15.5.